The first kappa shape index (κ1) is 18.0. The summed E-state index contributed by atoms with van der Waals surface area (Å²) < 4.78 is 34.4. The zero-order chi connectivity index (χ0) is 18.5. The molecule has 2 aromatic carbocycles. The summed E-state index contributed by atoms with van der Waals surface area (Å²) in [5, 5.41) is 2.59. The first-order valence-electron chi connectivity index (χ1n) is 8.40. The molecule has 0 atom stereocenters. The lowest BCUT2D eigenvalue weighted by Gasteiger charge is -2.10. The van der Waals surface area contributed by atoms with Gasteiger partial charge in [-0.05, 0) is 37.6 Å². The van der Waals surface area contributed by atoms with Crippen molar-refractivity contribution in [3.05, 3.63) is 59.7 Å². The van der Waals surface area contributed by atoms with E-state index in [4.69, 9.17) is 4.74 Å². The van der Waals surface area contributed by atoms with Gasteiger partial charge in [-0.25, -0.2) is 13.8 Å². The van der Waals surface area contributed by atoms with Crippen LogP contribution in [0, 0.1) is 11.6 Å². The molecular weight excluding hydrogens is 340 g/mol. The number of ether oxygens (including phenoxy) is 1. The molecule has 0 aliphatic heterocycles. The highest BCUT2D eigenvalue weighted by Crippen LogP contribution is 2.21. The molecule has 26 heavy (non-hydrogen) atoms. The van der Waals surface area contributed by atoms with E-state index in [1.54, 1.807) is 0 Å². The molecule has 0 saturated carbocycles. The van der Waals surface area contributed by atoms with Gasteiger partial charge in [0.1, 0.15) is 0 Å². The van der Waals surface area contributed by atoms with Crippen molar-refractivity contribution >= 4 is 22.9 Å². The molecule has 0 saturated heterocycles. The number of benzene rings is 2. The number of hydrogen-bond acceptors (Lipinski definition) is 3. The number of para-hydroxylation sites is 2. The number of rotatable bonds is 7. The van der Waals surface area contributed by atoms with Gasteiger partial charge < -0.3 is 9.30 Å². The molecule has 3 aromatic rings. The second-order valence-corrected chi connectivity index (χ2v) is 5.68. The monoisotopic (exact) mass is 359 g/mol. The third-order valence-corrected chi connectivity index (χ3v) is 3.95. The number of hydrogen-bond donors (Lipinski definition) is 1. The van der Waals surface area contributed by atoms with E-state index in [2.05, 4.69) is 10.3 Å². The van der Waals surface area contributed by atoms with Crippen LogP contribution in [-0.4, -0.2) is 28.7 Å². The molecule has 0 radical (unpaired) electrons. The highest BCUT2D eigenvalue weighted by Gasteiger charge is 2.18. The minimum absolute atomic E-state index is 0.288. The number of carbonyl (C=O) groups excluding carboxylic acids is 1. The third-order valence-electron chi connectivity index (χ3n) is 3.95. The van der Waals surface area contributed by atoms with E-state index in [0.29, 0.717) is 25.3 Å². The molecule has 0 bridgehead atoms. The number of nitrogens with one attached hydrogen (secondary N) is 1. The maximum absolute atomic E-state index is 13.9. The van der Waals surface area contributed by atoms with E-state index in [1.807, 2.05) is 35.8 Å². The van der Waals surface area contributed by atoms with Crippen LogP contribution in [0.25, 0.3) is 11.0 Å². The minimum atomic E-state index is -1.18. The standard InChI is InChI=1S/C19H19F2N3O2/c1-2-26-12-6-11-24-16-10-4-3-9-15(16)22-19(24)23-18(25)13-7-5-8-14(20)17(13)21/h3-5,7-10H,2,6,11-12H2,1H3,(H,22,23,25). The zero-order valence-electron chi connectivity index (χ0n) is 14.3. The number of imidazole rings is 1. The summed E-state index contributed by atoms with van der Waals surface area (Å²) in [6.07, 6.45) is 0.728. The van der Waals surface area contributed by atoms with Gasteiger partial charge in [-0.15, -0.1) is 0 Å². The summed E-state index contributed by atoms with van der Waals surface area (Å²) >= 11 is 0. The molecule has 0 aliphatic carbocycles. The number of aryl methyl sites for hydroxylation is 1. The molecule has 136 valence electrons. The lowest BCUT2D eigenvalue weighted by atomic mass is 10.2. The SMILES string of the molecule is CCOCCCn1c(NC(=O)c2cccc(F)c2F)nc2ccccc21. The molecule has 5 nitrogen and oxygen atoms in total. The van der Waals surface area contributed by atoms with Crippen molar-refractivity contribution in [3.8, 4) is 0 Å². The van der Waals surface area contributed by atoms with Crippen LogP contribution in [-0.2, 0) is 11.3 Å². The topological polar surface area (TPSA) is 56.1 Å². The highest BCUT2D eigenvalue weighted by atomic mass is 19.2. The summed E-state index contributed by atoms with van der Waals surface area (Å²) in [6.45, 7) is 3.70. The van der Waals surface area contributed by atoms with E-state index in [-0.39, 0.29) is 11.5 Å². The molecule has 0 spiro atoms. The Morgan fingerprint density at radius 3 is 2.81 bits per heavy atom. The number of fused-ring (bicyclic) bond motifs is 1. The van der Waals surface area contributed by atoms with Gasteiger partial charge >= 0.3 is 0 Å². The molecule has 3 rings (SSSR count). The number of anilines is 1. The number of halogens is 2. The molecule has 1 N–H and O–H groups in total. The van der Waals surface area contributed by atoms with E-state index >= 15 is 0 Å². The zero-order valence-corrected chi connectivity index (χ0v) is 14.3. The Hall–Kier alpha value is -2.80. The van der Waals surface area contributed by atoms with Crippen LogP contribution in [0.1, 0.15) is 23.7 Å². The Morgan fingerprint density at radius 2 is 2.00 bits per heavy atom. The van der Waals surface area contributed by atoms with Gasteiger partial charge in [0, 0.05) is 19.8 Å². The molecule has 1 heterocycles. The fourth-order valence-corrected chi connectivity index (χ4v) is 2.71. The summed E-state index contributed by atoms with van der Waals surface area (Å²) in [7, 11) is 0. The quantitative estimate of drug-likeness (QED) is 0.649. The highest BCUT2D eigenvalue weighted by molar-refractivity contribution is 6.04. The molecule has 1 amide bonds. The van der Waals surface area contributed by atoms with Crippen LogP contribution >= 0.6 is 0 Å². The molecule has 1 aromatic heterocycles. The normalized spacial score (nSPS) is 11.0. The van der Waals surface area contributed by atoms with E-state index in [0.717, 1.165) is 18.0 Å². The number of aromatic nitrogens is 2. The van der Waals surface area contributed by atoms with E-state index in [1.165, 1.54) is 12.1 Å². The molecule has 0 aliphatic rings. The van der Waals surface area contributed by atoms with Crippen molar-refractivity contribution in [1.29, 1.82) is 0 Å². The molecule has 7 heteroatoms. The predicted molar refractivity (Wildman–Crippen MR) is 95.2 cm³/mol. The summed E-state index contributed by atoms with van der Waals surface area (Å²) in [5.74, 6) is -2.70. The average Bonchev–Trinajstić information content (AvgIpc) is 2.98. The van der Waals surface area contributed by atoms with Gasteiger partial charge in [-0.2, -0.15) is 0 Å². The summed E-state index contributed by atoms with van der Waals surface area (Å²) in [4.78, 5) is 16.8. The van der Waals surface area contributed by atoms with Crippen LogP contribution in [0.2, 0.25) is 0 Å². The van der Waals surface area contributed by atoms with Crippen molar-refractivity contribution in [2.45, 2.75) is 19.9 Å². The number of amides is 1. The second kappa shape index (κ2) is 8.05. The van der Waals surface area contributed by atoms with E-state index < -0.39 is 17.5 Å². The van der Waals surface area contributed by atoms with Crippen LogP contribution < -0.4 is 5.32 Å². The van der Waals surface area contributed by atoms with Crippen LogP contribution in [0.4, 0.5) is 14.7 Å². The summed E-state index contributed by atoms with van der Waals surface area (Å²) in [6, 6.07) is 10.9. The van der Waals surface area contributed by atoms with Crippen LogP contribution in [0.5, 0.6) is 0 Å². The fourth-order valence-electron chi connectivity index (χ4n) is 2.71. The van der Waals surface area contributed by atoms with Gasteiger partial charge in [0.15, 0.2) is 11.6 Å². The predicted octanol–water partition coefficient (Wildman–Crippen LogP) is 3.99. The van der Waals surface area contributed by atoms with Gasteiger partial charge in [-0.3, -0.25) is 10.1 Å². The van der Waals surface area contributed by atoms with Crippen molar-refractivity contribution in [1.82, 2.24) is 9.55 Å². The maximum atomic E-state index is 13.9. The Bertz CT molecular complexity index is 924. The van der Waals surface area contributed by atoms with Crippen molar-refractivity contribution in [2.75, 3.05) is 18.5 Å². The lowest BCUT2D eigenvalue weighted by molar-refractivity contribution is 0.102. The van der Waals surface area contributed by atoms with Crippen molar-refractivity contribution < 1.29 is 18.3 Å². The molecule has 0 unspecified atom stereocenters. The Kier molecular flexibility index (Phi) is 5.58. The number of carbonyl (C=O) groups is 1. The van der Waals surface area contributed by atoms with E-state index in [9.17, 15) is 13.6 Å². The van der Waals surface area contributed by atoms with Gasteiger partial charge in [0.25, 0.3) is 5.91 Å². The third kappa shape index (κ3) is 3.72. The Balaban J connectivity index is 1.88. The second-order valence-electron chi connectivity index (χ2n) is 5.68. The van der Waals surface area contributed by atoms with Gasteiger partial charge in [-0.1, -0.05) is 18.2 Å². The van der Waals surface area contributed by atoms with Gasteiger partial charge in [0.05, 0.1) is 16.6 Å². The molecular formula is C19H19F2N3O2. The average molecular weight is 359 g/mol. The smallest absolute Gasteiger partial charge is 0.261 e. The van der Waals surface area contributed by atoms with Crippen molar-refractivity contribution in [3.63, 3.8) is 0 Å². The van der Waals surface area contributed by atoms with Crippen LogP contribution in [0.15, 0.2) is 42.5 Å². The van der Waals surface area contributed by atoms with Crippen molar-refractivity contribution in [2.24, 2.45) is 0 Å². The lowest BCUT2D eigenvalue weighted by Crippen LogP contribution is -2.18. The first-order valence-corrected chi connectivity index (χ1v) is 8.40. The van der Waals surface area contributed by atoms with Crippen LogP contribution in [0.3, 0.4) is 0 Å². The van der Waals surface area contributed by atoms with Gasteiger partial charge in [0.2, 0.25) is 5.95 Å². The maximum Gasteiger partial charge on any atom is 0.261 e. The largest absolute Gasteiger partial charge is 0.382 e. The fraction of sp³-hybridized carbons (Fsp3) is 0.263. The molecule has 0 fully saturated rings. The Labute approximate surface area is 149 Å². The summed E-state index contributed by atoms with van der Waals surface area (Å²) in [5.41, 5.74) is 1.19. The number of nitrogens with zero attached hydrogens (tertiary/aromatic N) is 2. The Morgan fingerprint density at radius 1 is 1.19 bits per heavy atom. The minimum Gasteiger partial charge on any atom is -0.382 e. The first-order chi connectivity index (χ1) is 12.6.